The van der Waals surface area contributed by atoms with Gasteiger partial charge in [-0.1, -0.05) is 0 Å². The Morgan fingerprint density at radius 3 is 2.22 bits per heavy atom. The van der Waals surface area contributed by atoms with Gasteiger partial charge in [-0.3, -0.25) is 10.1 Å². The van der Waals surface area contributed by atoms with Crippen molar-refractivity contribution in [2.75, 3.05) is 0 Å². The van der Waals surface area contributed by atoms with Gasteiger partial charge in [0.15, 0.2) is 0 Å². The van der Waals surface area contributed by atoms with Crippen molar-refractivity contribution in [2.24, 2.45) is 0 Å². The van der Waals surface area contributed by atoms with Gasteiger partial charge in [-0.25, -0.2) is 0 Å². The standard InChI is InChI=1S/C4H7NO4/c6-3-1-4(7,2-3)5(8)9/h3,6-7H,1-2H2. The van der Waals surface area contributed by atoms with Gasteiger partial charge in [0.25, 0.3) is 0 Å². The highest BCUT2D eigenvalue weighted by Crippen LogP contribution is 2.31. The SMILES string of the molecule is O=[N+]([O-])C1(O)CC(O)C1. The Hall–Kier alpha value is -0.680. The molecule has 0 spiro atoms. The predicted molar refractivity (Wildman–Crippen MR) is 27.2 cm³/mol. The number of aliphatic hydroxyl groups is 2. The number of rotatable bonds is 1. The van der Waals surface area contributed by atoms with Crippen LogP contribution in [0, 0.1) is 10.1 Å². The molecule has 1 aliphatic rings. The Balaban J connectivity index is 2.50. The van der Waals surface area contributed by atoms with Crippen LogP contribution in [0.3, 0.4) is 0 Å². The highest BCUT2D eigenvalue weighted by atomic mass is 16.7. The van der Waals surface area contributed by atoms with Crippen LogP contribution in [0.25, 0.3) is 0 Å². The summed E-state index contributed by atoms with van der Waals surface area (Å²) in [6.07, 6.45) is -0.972. The maximum atomic E-state index is 9.89. The molecule has 1 aliphatic carbocycles. The Bertz CT molecular complexity index is 140. The normalized spacial score (nSPS) is 41.8. The predicted octanol–water partition coefficient (Wildman–Crippen LogP) is -0.894. The molecule has 0 amide bonds. The van der Waals surface area contributed by atoms with Crippen LogP contribution in [-0.4, -0.2) is 27.0 Å². The van der Waals surface area contributed by atoms with Crippen LogP contribution >= 0.6 is 0 Å². The second-order valence-electron chi connectivity index (χ2n) is 2.30. The lowest BCUT2D eigenvalue weighted by Gasteiger charge is -2.31. The number of hydrogen-bond donors (Lipinski definition) is 2. The summed E-state index contributed by atoms with van der Waals surface area (Å²) in [5.74, 6) is 0. The zero-order chi connectivity index (χ0) is 7.07. The molecule has 0 radical (unpaired) electrons. The Morgan fingerprint density at radius 2 is 2.11 bits per heavy atom. The second-order valence-corrected chi connectivity index (χ2v) is 2.30. The highest BCUT2D eigenvalue weighted by molar-refractivity contribution is 4.84. The molecule has 0 unspecified atom stereocenters. The van der Waals surface area contributed by atoms with E-state index in [1.165, 1.54) is 0 Å². The molecule has 0 aliphatic heterocycles. The van der Waals surface area contributed by atoms with Crippen molar-refractivity contribution in [3.8, 4) is 0 Å². The van der Waals surface area contributed by atoms with Crippen LogP contribution in [0.1, 0.15) is 12.8 Å². The van der Waals surface area contributed by atoms with Gasteiger partial charge in [0.2, 0.25) is 0 Å². The van der Waals surface area contributed by atoms with E-state index in [0.29, 0.717) is 0 Å². The number of aliphatic hydroxyl groups excluding tert-OH is 1. The lowest BCUT2D eigenvalue weighted by Crippen LogP contribution is -2.52. The van der Waals surface area contributed by atoms with Gasteiger partial charge in [-0.15, -0.1) is 0 Å². The van der Waals surface area contributed by atoms with E-state index in [2.05, 4.69) is 0 Å². The van der Waals surface area contributed by atoms with Crippen molar-refractivity contribution < 1.29 is 15.1 Å². The lowest BCUT2D eigenvalue weighted by molar-refractivity contribution is -0.647. The Labute approximate surface area is 51.1 Å². The molecule has 1 rings (SSSR count). The maximum absolute atomic E-state index is 9.89. The molecule has 0 aromatic heterocycles. The van der Waals surface area contributed by atoms with Crippen LogP contribution in [0.5, 0.6) is 0 Å². The van der Waals surface area contributed by atoms with E-state index in [1.54, 1.807) is 0 Å². The van der Waals surface area contributed by atoms with Crippen molar-refractivity contribution in [1.29, 1.82) is 0 Å². The number of nitro groups is 1. The summed E-state index contributed by atoms with van der Waals surface area (Å²) < 4.78 is 0. The molecule has 2 N–H and O–H groups in total. The van der Waals surface area contributed by atoms with E-state index in [9.17, 15) is 10.1 Å². The summed E-state index contributed by atoms with van der Waals surface area (Å²) in [6.45, 7) is 0. The van der Waals surface area contributed by atoms with E-state index in [-0.39, 0.29) is 12.8 Å². The molecule has 9 heavy (non-hydrogen) atoms. The molecular weight excluding hydrogens is 126 g/mol. The summed E-state index contributed by atoms with van der Waals surface area (Å²) >= 11 is 0. The van der Waals surface area contributed by atoms with Gasteiger partial charge in [0, 0.05) is 0 Å². The molecule has 5 nitrogen and oxygen atoms in total. The molecule has 0 bridgehead atoms. The van der Waals surface area contributed by atoms with E-state index < -0.39 is 16.8 Å². The Morgan fingerprint density at radius 1 is 1.67 bits per heavy atom. The molecule has 0 saturated heterocycles. The fourth-order valence-corrected chi connectivity index (χ4v) is 0.844. The van der Waals surface area contributed by atoms with E-state index in [4.69, 9.17) is 10.2 Å². The van der Waals surface area contributed by atoms with Gasteiger partial charge in [-0.2, -0.15) is 0 Å². The summed E-state index contributed by atoms with van der Waals surface area (Å²) in [5.41, 5.74) is -1.83. The molecule has 0 aromatic carbocycles. The van der Waals surface area contributed by atoms with Crippen LogP contribution in [0.2, 0.25) is 0 Å². The fraction of sp³-hybridized carbons (Fsp3) is 1.00. The van der Waals surface area contributed by atoms with Crippen molar-refractivity contribution in [3.63, 3.8) is 0 Å². The summed E-state index contributed by atoms with van der Waals surface area (Å²) in [5, 5.41) is 27.3. The van der Waals surface area contributed by atoms with Gasteiger partial charge >= 0.3 is 5.72 Å². The minimum Gasteiger partial charge on any atom is -0.392 e. The molecule has 5 heteroatoms. The second kappa shape index (κ2) is 1.65. The zero-order valence-corrected chi connectivity index (χ0v) is 4.65. The van der Waals surface area contributed by atoms with E-state index in [1.807, 2.05) is 0 Å². The summed E-state index contributed by atoms with van der Waals surface area (Å²) in [6, 6.07) is 0. The van der Waals surface area contributed by atoms with Gasteiger partial charge in [-0.05, 0) is 0 Å². The molecule has 1 fully saturated rings. The average molecular weight is 133 g/mol. The molecule has 0 aromatic rings. The quantitative estimate of drug-likeness (QED) is 0.276. The van der Waals surface area contributed by atoms with E-state index in [0.717, 1.165) is 0 Å². The van der Waals surface area contributed by atoms with Crippen molar-refractivity contribution in [2.45, 2.75) is 24.7 Å². The molecule has 52 valence electrons. The molecule has 0 heterocycles. The molecule has 0 atom stereocenters. The number of hydrogen-bond acceptors (Lipinski definition) is 4. The minimum atomic E-state index is -1.83. The monoisotopic (exact) mass is 133 g/mol. The van der Waals surface area contributed by atoms with Crippen LogP contribution < -0.4 is 0 Å². The Kier molecular flexibility index (Phi) is 1.18. The van der Waals surface area contributed by atoms with Crippen LogP contribution in [0.4, 0.5) is 0 Å². The maximum Gasteiger partial charge on any atom is 0.327 e. The average Bonchev–Trinajstić information content (AvgIpc) is 1.62. The fourth-order valence-electron chi connectivity index (χ4n) is 0.844. The largest absolute Gasteiger partial charge is 0.392 e. The molecule has 1 saturated carbocycles. The third-order valence-electron chi connectivity index (χ3n) is 1.46. The van der Waals surface area contributed by atoms with Gasteiger partial charge < -0.3 is 10.2 Å². The first kappa shape index (κ1) is 6.44. The third-order valence-corrected chi connectivity index (χ3v) is 1.46. The van der Waals surface area contributed by atoms with Gasteiger partial charge in [0.05, 0.1) is 23.9 Å². The van der Waals surface area contributed by atoms with Gasteiger partial charge in [0.1, 0.15) is 0 Å². The first-order valence-corrected chi connectivity index (χ1v) is 2.59. The van der Waals surface area contributed by atoms with Crippen LogP contribution in [0.15, 0.2) is 0 Å². The first-order chi connectivity index (χ1) is 4.04. The first-order valence-electron chi connectivity index (χ1n) is 2.59. The number of nitrogens with zero attached hydrogens (tertiary/aromatic N) is 1. The summed E-state index contributed by atoms with van der Waals surface area (Å²) in [4.78, 5) is 9.13. The van der Waals surface area contributed by atoms with Crippen molar-refractivity contribution in [1.82, 2.24) is 0 Å². The van der Waals surface area contributed by atoms with Crippen molar-refractivity contribution >= 4 is 0 Å². The molecular formula is C4H7NO4. The van der Waals surface area contributed by atoms with Crippen molar-refractivity contribution in [3.05, 3.63) is 10.1 Å². The smallest absolute Gasteiger partial charge is 0.327 e. The van der Waals surface area contributed by atoms with Crippen LogP contribution in [-0.2, 0) is 0 Å². The topological polar surface area (TPSA) is 83.6 Å². The highest BCUT2D eigenvalue weighted by Gasteiger charge is 2.53. The minimum absolute atomic E-state index is 0.139. The zero-order valence-electron chi connectivity index (χ0n) is 4.65. The summed E-state index contributed by atoms with van der Waals surface area (Å²) in [7, 11) is 0. The third kappa shape index (κ3) is 0.883. The lowest BCUT2D eigenvalue weighted by atomic mass is 9.86. The van der Waals surface area contributed by atoms with E-state index >= 15 is 0 Å².